The molecule has 3 aromatic heterocycles. The monoisotopic (exact) mass is 545 g/mol. The molecule has 3 aromatic rings. The van der Waals surface area contributed by atoms with Crippen molar-refractivity contribution in [3.63, 3.8) is 0 Å². The Morgan fingerprint density at radius 2 is 2.08 bits per heavy atom. The summed E-state index contributed by atoms with van der Waals surface area (Å²) in [6, 6.07) is 2.84. The number of nitrogens with one attached hydrogen (secondary N) is 3. The second kappa shape index (κ2) is 8.70. The highest BCUT2D eigenvalue weighted by molar-refractivity contribution is 6.29. The highest BCUT2D eigenvalue weighted by Crippen LogP contribution is 2.57. The van der Waals surface area contributed by atoms with Crippen LogP contribution in [0.4, 0.5) is 34.1 Å². The number of rotatable bonds is 7. The van der Waals surface area contributed by atoms with Crippen molar-refractivity contribution in [2.24, 2.45) is 5.92 Å². The number of aromatic amines is 1. The Hall–Kier alpha value is -3.17. The predicted octanol–water partition coefficient (Wildman–Crippen LogP) is 3.94. The number of hydrogen-bond donors (Lipinski definition) is 3. The lowest BCUT2D eigenvalue weighted by Crippen LogP contribution is -2.68. The van der Waals surface area contributed by atoms with Gasteiger partial charge >= 0.3 is 12.5 Å². The number of imidazole rings is 1. The summed E-state index contributed by atoms with van der Waals surface area (Å²) in [5.41, 5.74) is 0.316. The van der Waals surface area contributed by atoms with E-state index < -0.39 is 37.4 Å². The van der Waals surface area contributed by atoms with E-state index in [1.807, 2.05) is 0 Å². The van der Waals surface area contributed by atoms with Crippen LogP contribution in [-0.4, -0.2) is 61.4 Å². The third kappa shape index (κ3) is 4.78. The largest absolute Gasteiger partial charge is 0.522 e. The van der Waals surface area contributed by atoms with Crippen molar-refractivity contribution < 1.29 is 36.6 Å². The molecule has 0 radical (unpaired) electrons. The van der Waals surface area contributed by atoms with Gasteiger partial charge in [-0.05, 0) is 25.2 Å². The molecule has 16 heteroatoms. The highest BCUT2D eigenvalue weighted by atomic mass is 35.5. The van der Waals surface area contributed by atoms with E-state index in [0.29, 0.717) is 5.92 Å². The molecule has 1 amide bonds. The van der Waals surface area contributed by atoms with Gasteiger partial charge in [-0.15, -0.1) is 13.2 Å². The van der Waals surface area contributed by atoms with Crippen LogP contribution in [0, 0.1) is 5.92 Å². The molecule has 3 saturated carbocycles. The fourth-order valence-corrected chi connectivity index (χ4v) is 5.12. The molecule has 7 rings (SSSR count). The number of fused-ring (bicyclic) bond motifs is 1. The number of alkyl halides is 4. The Bertz CT molecular complexity index is 1330. The Kier molecular flexibility index (Phi) is 5.69. The Morgan fingerprint density at radius 3 is 2.78 bits per heavy atom. The SMILES string of the molecule is O=C(NC12CC(C1)C2)O[C@H]1CO[C@@H](c2cc(Nc3nc(Cl)cc4nc(COC(F)(F)F)cn34)n[nH]2)[C@@H]1F. The Labute approximate surface area is 210 Å². The van der Waals surface area contributed by atoms with Crippen LogP contribution < -0.4 is 10.6 Å². The summed E-state index contributed by atoms with van der Waals surface area (Å²) in [5.74, 6) is 0.977. The summed E-state index contributed by atoms with van der Waals surface area (Å²) in [5, 5.41) is 12.5. The average Bonchev–Trinajstić information content (AvgIpc) is 3.47. The highest BCUT2D eigenvalue weighted by Gasteiger charge is 2.58. The van der Waals surface area contributed by atoms with Gasteiger partial charge in [0, 0.05) is 23.9 Å². The predicted molar refractivity (Wildman–Crippen MR) is 118 cm³/mol. The van der Waals surface area contributed by atoms with Crippen LogP contribution >= 0.6 is 11.6 Å². The fraction of sp³-hybridized carbons (Fsp3) is 0.524. The van der Waals surface area contributed by atoms with Gasteiger partial charge in [0.2, 0.25) is 5.95 Å². The first kappa shape index (κ1) is 24.2. The lowest BCUT2D eigenvalue weighted by atomic mass is 9.50. The number of carbonyl (C=O) groups is 1. The number of ether oxygens (including phenoxy) is 3. The lowest BCUT2D eigenvalue weighted by molar-refractivity contribution is -0.330. The van der Waals surface area contributed by atoms with Gasteiger partial charge in [0.1, 0.15) is 16.9 Å². The van der Waals surface area contributed by atoms with E-state index in [9.17, 15) is 18.0 Å². The summed E-state index contributed by atoms with van der Waals surface area (Å²) >= 11 is 6.03. The van der Waals surface area contributed by atoms with Crippen LogP contribution in [-0.2, 0) is 20.8 Å². The number of nitrogens with zero attached hydrogens (tertiary/aromatic N) is 4. The number of halogens is 5. The van der Waals surface area contributed by atoms with Crippen LogP contribution in [0.5, 0.6) is 0 Å². The lowest BCUT2D eigenvalue weighted by Gasteiger charge is -2.61. The Morgan fingerprint density at radius 1 is 1.30 bits per heavy atom. The first-order valence-electron chi connectivity index (χ1n) is 11.4. The third-order valence-corrected chi connectivity index (χ3v) is 6.94. The molecule has 1 saturated heterocycles. The van der Waals surface area contributed by atoms with Crippen molar-refractivity contribution in [2.45, 2.75) is 56.2 Å². The van der Waals surface area contributed by atoms with Gasteiger partial charge in [0.05, 0.1) is 24.6 Å². The molecule has 4 fully saturated rings. The summed E-state index contributed by atoms with van der Waals surface area (Å²) in [6.07, 6.45) is -5.11. The molecule has 3 N–H and O–H groups in total. The van der Waals surface area contributed by atoms with Crippen LogP contribution in [0.3, 0.4) is 0 Å². The number of aromatic nitrogens is 5. The van der Waals surface area contributed by atoms with Crippen molar-refractivity contribution in [3.8, 4) is 0 Å². The maximum absolute atomic E-state index is 15.1. The molecular weight excluding hydrogens is 526 g/mol. The molecule has 4 aliphatic rings. The minimum Gasteiger partial charge on any atom is -0.441 e. The number of amides is 1. The molecule has 0 unspecified atom stereocenters. The molecule has 37 heavy (non-hydrogen) atoms. The zero-order valence-electron chi connectivity index (χ0n) is 18.9. The van der Waals surface area contributed by atoms with Crippen molar-refractivity contribution in [2.75, 3.05) is 11.9 Å². The van der Waals surface area contributed by atoms with Crippen molar-refractivity contribution in [3.05, 3.63) is 34.9 Å². The normalized spacial score (nSPS) is 28.6. The number of carbonyl (C=O) groups excluding carboxylic acids is 1. The van der Waals surface area contributed by atoms with Gasteiger partial charge in [-0.1, -0.05) is 11.6 Å². The van der Waals surface area contributed by atoms with E-state index in [0.717, 1.165) is 19.3 Å². The molecule has 4 heterocycles. The number of hydrogen-bond acceptors (Lipinski definition) is 8. The minimum absolute atomic E-state index is 0.00380. The molecule has 3 atom stereocenters. The maximum Gasteiger partial charge on any atom is 0.522 e. The van der Waals surface area contributed by atoms with Crippen LogP contribution in [0.2, 0.25) is 5.15 Å². The minimum atomic E-state index is -4.81. The number of H-pyrrole nitrogens is 1. The molecule has 3 aliphatic carbocycles. The first-order valence-corrected chi connectivity index (χ1v) is 11.8. The zero-order chi connectivity index (χ0) is 25.9. The fourth-order valence-electron chi connectivity index (χ4n) is 4.94. The zero-order valence-corrected chi connectivity index (χ0v) is 19.6. The second-order valence-corrected chi connectivity index (χ2v) is 9.84. The molecule has 11 nitrogen and oxygen atoms in total. The van der Waals surface area contributed by atoms with E-state index >= 15 is 4.39 Å². The van der Waals surface area contributed by atoms with Crippen LogP contribution in [0.1, 0.15) is 36.8 Å². The molecule has 198 valence electrons. The number of anilines is 2. The maximum atomic E-state index is 15.1. The smallest absolute Gasteiger partial charge is 0.441 e. The van der Waals surface area contributed by atoms with E-state index in [2.05, 4.69) is 35.5 Å². The van der Waals surface area contributed by atoms with E-state index in [1.165, 1.54) is 22.7 Å². The summed E-state index contributed by atoms with van der Waals surface area (Å²) in [4.78, 5) is 20.4. The summed E-state index contributed by atoms with van der Waals surface area (Å²) in [6.45, 7) is -0.917. The Balaban J connectivity index is 1.11. The summed E-state index contributed by atoms with van der Waals surface area (Å²) in [7, 11) is 0. The van der Waals surface area contributed by atoms with E-state index in [-0.39, 0.29) is 46.1 Å². The summed E-state index contributed by atoms with van der Waals surface area (Å²) < 4.78 is 68.2. The van der Waals surface area contributed by atoms with Crippen molar-refractivity contribution in [1.29, 1.82) is 0 Å². The standard InChI is InChI=1S/C21H20ClF4N7O4/c22-13-2-15-27-10(7-36-21(24,25)26)6-33(15)18(28-13)29-14-1-11(31-32-14)17-16(23)12(8-35-17)37-19(34)30-20-3-9(4-20)5-20/h1-2,6,9,12,16-17H,3-5,7-8H2,(H,30,34)(H2,28,29,31,32)/t9?,12-,16+,17-,20?/m0/s1. The van der Waals surface area contributed by atoms with Crippen molar-refractivity contribution in [1.82, 2.24) is 29.9 Å². The molecule has 2 bridgehead atoms. The van der Waals surface area contributed by atoms with Crippen LogP contribution in [0.25, 0.3) is 5.65 Å². The van der Waals surface area contributed by atoms with Crippen molar-refractivity contribution >= 4 is 35.1 Å². The third-order valence-electron chi connectivity index (χ3n) is 6.75. The second-order valence-electron chi connectivity index (χ2n) is 9.46. The quantitative estimate of drug-likeness (QED) is 0.301. The van der Waals surface area contributed by atoms with Gasteiger partial charge in [-0.25, -0.2) is 19.2 Å². The topological polar surface area (TPSA) is 128 Å². The first-order chi connectivity index (χ1) is 17.6. The van der Waals surface area contributed by atoms with E-state index in [4.69, 9.17) is 21.1 Å². The number of alkyl carbamates (subject to hydrolysis) is 1. The van der Waals surface area contributed by atoms with Gasteiger partial charge in [-0.3, -0.25) is 14.2 Å². The molecule has 0 aromatic carbocycles. The average molecular weight is 546 g/mol. The molecule has 1 aliphatic heterocycles. The van der Waals surface area contributed by atoms with Gasteiger partial charge < -0.3 is 20.1 Å². The van der Waals surface area contributed by atoms with Gasteiger partial charge in [-0.2, -0.15) is 5.10 Å². The van der Waals surface area contributed by atoms with Crippen LogP contribution in [0.15, 0.2) is 18.3 Å². The molecular formula is C21H20ClF4N7O4. The molecule has 0 spiro atoms. The van der Waals surface area contributed by atoms with Gasteiger partial charge in [0.15, 0.2) is 18.1 Å². The van der Waals surface area contributed by atoms with Gasteiger partial charge in [0.25, 0.3) is 0 Å². The van der Waals surface area contributed by atoms with E-state index in [1.54, 1.807) is 0 Å².